The SMILES string of the molecule is Cc1cc2c3c(n(CC(C)(O)c4cccnc4)c2cn1)CCN1CCCC31.Cc1ccc2c(c1)c1c(n2CC(O)c2ncc[nH]2)CCN2CCCC12.Cc1ccc2c(c1)c1c(n2CC(O)c2nn[nH]n2)CCN2CCCC12.OC(Cn1c2c(c3ccccc31)C1CCCN1CC2)c1ccncc1. The molecular formula is C81H95N17O4. The fourth-order valence-corrected chi connectivity index (χ4v) is 19.2. The summed E-state index contributed by atoms with van der Waals surface area (Å²) in [7, 11) is 0. The lowest BCUT2D eigenvalue weighted by Gasteiger charge is -2.32. The number of aryl methyl sites for hydroxylation is 3. The van der Waals surface area contributed by atoms with Crippen LogP contribution in [-0.4, -0.2) is 156 Å². The van der Waals surface area contributed by atoms with Crippen molar-refractivity contribution in [2.45, 2.75) is 179 Å². The Labute approximate surface area is 594 Å². The van der Waals surface area contributed by atoms with Gasteiger partial charge in [-0.2, -0.15) is 5.21 Å². The molecule has 102 heavy (non-hydrogen) atoms. The molecule has 4 fully saturated rings. The molecule has 0 radical (unpaired) electrons. The maximum atomic E-state index is 11.3. The van der Waals surface area contributed by atoms with Crippen LogP contribution in [0.15, 0.2) is 134 Å². The molecule has 528 valence electrons. The fraction of sp³-hybridized carbons (Fsp3) is 0.444. The number of nitrogens with one attached hydrogen (secondary N) is 2. The number of fused-ring (bicyclic) bond motifs is 20. The van der Waals surface area contributed by atoms with Crippen LogP contribution in [0.2, 0.25) is 0 Å². The van der Waals surface area contributed by atoms with E-state index >= 15 is 0 Å². The molecule has 8 unspecified atom stereocenters. The summed E-state index contributed by atoms with van der Waals surface area (Å²) < 4.78 is 9.30. The second-order valence-corrected chi connectivity index (χ2v) is 30.1. The molecule has 12 aromatic rings. The summed E-state index contributed by atoms with van der Waals surface area (Å²) in [4.78, 5) is 30.6. The summed E-state index contributed by atoms with van der Waals surface area (Å²) in [5.41, 5.74) is 20.8. The maximum Gasteiger partial charge on any atom is 0.204 e. The predicted molar refractivity (Wildman–Crippen MR) is 394 cm³/mol. The Hall–Kier alpha value is -8.77. The van der Waals surface area contributed by atoms with Gasteiger partial charge >= 0.3 is 0 Å². The van der Waals surface area contributed by atoms with Crippen molar-refractivity contribution >= 4 is 43.6 Å². The number of hydrogen-bond acceptors (Lipinski definition) is 15. The van der Waals surface area contributed by atoms with Gasteiger partial charge in [0.05, 0.1) is 44.0 Å². The third kappa shape index (κ3) is 12.3. The number of hydrogen-bond donors (Lipinski definition) is 6. The highest BCUT2D eigenvalue weighted by Gasteiger charge is 2.41. The number of aliphatic hydroxyl groups excluding tert-OH is 3. The van der Waals surface area contributed by atoms with E-state index in [2.05, 4.69) is 171 Å². The minimum Gasteiger partial charge on any atom is -0.387 e. The Kier molecular flexibility index (Phi) is 18.1. The molecule has 0 spiro atoms. The third-order valence-corrected chi connectivity index (χ3v) is 23.8. The number of pyridine rings is 3. The molecule has 17 heterocycles. The van der Waals surface area contributed by atoms with E-state index in [0.717, 1.165) is 74.2 Å². The fourth-order valence-electron chi connectivity index (χ4n) is 19.2. The van der Waals surface area contributed by atoms with Crippen LogP contribution in [0.1, 0.15) is 185 Å². The molecule has 8 aliphatic rings. The number of tetrazole rings is 1. The van der Waals surface area contributed by atoms with E-state index in [1.54, 1.807) is 37.2 Å². The molecule has 3 aromatic carbocycles. The van der Waals surface area contributed by atoms with Crippen LogP contribution >= 0.6 is 0 Å². The molecule has 0 aliphatic carbocycles. The lowest BCUT2D eigenvalue weighted by atomic mass is 9.95. The first-order chi connectivity index (χ1) is 49.8. The van der Waals surface area contributed by atoms with Gasteiger partial charge in [0.1, 0.15) is 23.6 Å². The third-order valence-electron chi connectivity index (χ3n) is 23.8. The van der Waals surface area contributed by atoms with Crippen LogP contribution in [0.5, 0.6) is 0 Å². The van der Waals surface area contributed by atoms with E-state index in [0.29, 0.717) is 62.0 Å². The second kappa shape index (κ2) is 27.8. The molecule has 0 bridgehead atoms. The van der Waals surface area contributed by atoms with Crippen LogP contribution in [-0.2, 0) is 57.5 Å². The molecule has 0 saturated carbocycles. The summed E-state index contributed by atoms with van der Waals surface area (Å²) in [6, 6.07) is 34.1. The molecule has 6 N–H and O–H groups in total. The smallest absolute Gasteiger partial charge is 0.204 e. The Morgan fingerprint density at radius 1 is 0.490 bits per heavy atom. The van der Waals surface area contributed by atoms with Crippen LogP contribution < -0.4 is 0 Å². The van der Waals surface area contributed by atoms with E-state index in [9.17, 15) is 20.4 Å². The van der Waals surface area contributed by atoms with Crippen LogP contribution in [0.25, 0.3) is 43.6 Å². The summed E-state index contributed by atoms with van der Waals surface area (Å²) >= 11 is 0. The van der Waals surface area contributed by atoms with Gasteiger partial charge < -0.3 is 43.7 Å². The number of aromatic nitrogens is 13. The molecule has 21 heteroatoms. The number of aromatic amines is 2. The molecule has 4 saturated heterocycles. The van der Waals surface area contributed by atoms with E-state index in [1.807, 2.05) is 37.4 Å². The lowest BCUT2D eigenvalue weighted by molar-refractivity contribution is 0.0380. The average molecular weight is 1370 g/mol. The number of imidazole rings is 1. The number of nitrogens with zero attached hydrogens (tertiary/aromatic N) is 15. The van der Waals surface area contributed by atoms with Gasteiger partial charge in [-0.3, -0.25) is 34.6 Å². The van der Waals surface area contributed by atoms with Crippen molar-refractivity contribution in [3.8, 4) is 0 Å². The van der Waals surface area contributed by atoms with Crippen molar-refractivity contribution in [2.75, 3.05) is 52.4 Å². The van der Waals surface area contributed by atoms with Crippen molar-refractivity contribution in [2.24, 2.45) is 0 Å². The van der Waals surface area contributed by atoms with Gasteiger partial charge in [0.25, 0.3) is 0 Å². The van der Waals surface area contributed by atoms with Crippen LogP contribution in [0.4, 0.5) is 0 Å². The highest BCUT2D eigenvalue weighted by atomic mass is 16.3. The van der Waals surface area contributed by atoms with E-state index in [-0.39, 0.29) is 0 Å². The highest BCUT2D eigenvalue weighted by molar-refractivity contribution is 5.90. The predicted octanol–water partition coefficient (Wildman–Crippen LogP) is 11.8. The summed E-state index contributed by atoms with van der Waals surface area (Å²) in [5, 5.41) is 62.5. The minimum atomic E-state index is -0.980. The van der Waals surface area contributed by atoms with Crippen LogP contribution in [0, 0.1) is 20.8 Å². The molecular weight excluding hydrogens is 1280 g/mol. The standard InChI is InChI=1S/C22H26N4O.C21H23N3O.C20H24N4O.C18H22N6O/c1-15-11-17-20(13-24-15)26(14-22(2,27)16-5-3-8-23-12-16)19-7-10-25-9-4-6-18(25)21(17)19;25-20(15-7-10-22-11-8-15)14-24-17-5-2-1-4-16(17)21-18-6-3-12-23(18)13-9-19(21)24;1-13-4-5-15-14(11-13)19-16-3-2-9-23(16)10-6-17(19)24(15)12-18(25)20-21-7-8-22-20;1-11-4-5-13-12(9-11)17-14-3-2-7-23(14)8-6-15(17)24(13)10-16(25)18-19-21-22-20-18/h3,5,8,11-13,18,27H,4,6-7,9-10,14H2,1-2H3;1-2,4-5,7-8,10-11,18,20,25H,3,6,9,12-14H2;4-5,7-8,11,16,18,25H,2-3,6,9-10,12H2,1H3,(H,21,22);4-5,9,14,16,25H,2-3,6-8,10H2,1H3,(H,19,20,21,22). The topological polar surface area (TPSA) is 235 Å². The zero-order valence-electron chi connectivity index (χ0n) is 59.2. The second-order valence-electron chi connectivity index (χ2n) is 30.1. The Bertz CT molecular complexity index is 4810. The van der Waals surface area contributed by atoms with Crippen molar-refractivity contribution in [1.29, 1.82) is 0 Å². The quantitative estimate of drug-likeness (QED) is 0.0667. The van der Waals surface area contributed by atoms with Crippen molar-refractivity contribution in [3.05, 3.63) is 219 Å². The van der Waals surface area contributed by atoms with Gasteiger partial charge in [-0.25, -0.2) is 4.98 Å². The van der Waals surface area contributed by atoms with Gasteiger partial charge in [-0.1, -0.05) is 52.7 Å². The van der Waals surface area contributed by atoms with Gasteiger partial charge in [0.2, 0.25) is 5.82 Å². The zero-order valence-corrected chi connectivity index (χ0v) is 59.2. The van der Waals surface area contributed by atoms with Crippen molar-refractivity contribution in [3.63, 3.8) is 0 Å². The first-order valence-corrected chi connectivity index (χ1v) is 37.4. The van der Waals surface area contributed by atoms with E-state index in [4.69, 9.17) is 0 Å². The van der Waals surface area contributed by atoms with Gasteiger partial charge in [-0.05, 0) is 188 Å². The molecule has 20 rings (SSSR count). The maximum absolute atomic E-state index is 11.3. The lowest BCUT2D eigenvalue weighted by Crippen LogP contribution is -2.33. The molecule has 21 nitrogen and oxygen atoms in total. The van der Waals surface area contributed by atoms with Gasteiger partial charge in [0, 0.05) is 185 Å². The summed E-state index contributed by atoms with van der Waals surface area (Å²) in [6.07, 6.45) is 24.9. The number of benzene rings is 3. The molecule has 8 aliphatic heterocycles. The Morgan fingerprint density at radius 2 is 1.00 bits per heavy atom. The number of rotatable bonds is 12. The minimum absolute atomic E-state index is 0.348. The summed E-state index contributed by atoms with van der Waals surface area (Å²) in [5.74, 6) is 0.988. The first kappa shape index (κ1) is 66.5. The molecule has 0 amide bonds. The van der Waals surface area contributed by atoms with Crippen LogP contribution in [0.3, 0.4) is 0 Å². The average Bonchev–Trinajstić information content (AvgIpc) is 1.60. The summed E-state index contributed by atoms with van der Waals surface area (Å²) in [6.45, 7) is 19.7. The van der Waals surface area contributed by atoms with Crippen molar-refractivity contribution < 1.29 is 20.4 Å². The molecule has 8 atom stereocenters. The van der Waals surface area contributed by atoms with Crippen molar-refractivity contribution in [1.82, 2.24) is 83.4 Å². The molecule has 9 aromatic heterocycles. The Morgan fingerprint density at radius 3 is 1.52 bits per heavy atom. The van der Waals surface area contributed by atoms with E-state index in [1.165, 1.54) is 172 Å². The number of H-pyrrole nitrogens is 2. The van der Waals surface area contributed by atoms with Gasteiger partial charge in [-0.15, -0.1) is 10.2 Å². The normalized spacial score (nSPS) is 21.5. The van der Waals surface area contributed by atoms with Gasteiger partial charge in [0.15, 0.2) is 0 Å². The first-order valence-electron chi connectivity index (χ1n) is 37.4. The monoisotopic (exact) mass is 1370 g/mol. The zero-order chi connectivity index (χ0) is 69.3. The number of aliphatic hydroxyl groups is 4. The largest absolute Gasteiger partial charge is 0.387 e. The highest BCUT2D eigenvalue weighted by Crippen LogP contribution is 2.48. The van der Waals surface area contributed by atoms with E-state index < -0.39 is 23.9 Å². The Balaban J connectivity index is 0.000000101. The number of para-hydroxylation sites is 1.